The molecule has 2 atom stereocenters. The van der Waals surface area contributed by atoms with Crippen molar-refractivity contribution in [2.24, 2.45) is 0 Å². The van der Waals surface area contributed by atoms with E-state index < -0.39 is 16.1 Å². The molecule has 0 aliphatic rings. The third-order valence-electron chi connectivity index (χ3n) is 6.81. The van der Waals surface area contributed by atoms with Gasteiger partial charge in [0.1, 0.15) is 6.04 Å². The van der Waals surface area contributed by atoms with Gasteiger partial charge in [-0.05, 0) is 55.2 Å². The minimum absolute atomic E-state index is 0.0437. The largest absolute Gasteiger partial charge is 0.352 e. The Kier molecular flexibility index (Phi) is 12.1. The van der Waals surface area contributed by atoms with E-state index in [1.807, 2.05) is 50.2 Å². The van der Waals surface area contributed by atoms with Gasteiger partial charge in [-0.25, -0.2) is 8.42 Å². The molecule has 1 N–H and O–H groups in total. The number of para-hydroxylation sites is 1. The Labute approximate surface area is 253 Å². The van der Waals surface area contributed by atoms with Gasteiger partial charge in [0, 0.05) is 32.0 Å². The monoisotopic (exact) mass is 617 g/mol. The zero-order valence-electron chi connectivity index (χ0n) is 23.6. The quantitative estimate of drug-likeness (QED) is 0.237. The fourth-order valence-electron chi connectivity index (χ4n) is 4.43. The van der Waals surface area contributed by atoms with Crippen molar-refractivity contribution < 1.29 is 18.0 Å². The molecule has 2 amide bonds. The molecular weight excluding hydrogens is 581 g/mol. The number of hydrogen-bond acceptors (Lipinski definition) is 4. The maximum absolute atomic E-state index is 13.9. The van der Waals surface area contributed by atoms with E-state index in [4.69, 9.17) is 23.2 Å². The number of nitrogens with zero attached hydrogens (tertiary/aromatic N) is 2. The highest BCUT2D eigenvalue weighted by Crippen LogP contribution is 2.25. The molecule has 220 valence electrons. The first-order valence-electron chi connectivity index (χ1n) is 13.6. The fourth-order valence-corrected chi connectivity index (χ4v) is 5.71. The van der Waals surface area contributed by atoms with Crippen LogP contribution < -0.4 is 9.62 Å². The highest BCUT2D eigenvalue weighted by molar-refractivity contribution is 7.92. The molecule has 10 heteroatoms. The molecular formula is C31H37Cl2N3O4S. The van der Waals surface area contributed by atoms with Gasteiger partial charge < -0.3 is 10.2 Å². The number of amides is 2. The summed E-state index contributed by atoms with van der Waals surface area (Å²) < 4.78 is 26.3. The van der Waals surface area contributed by atoms with Gasteiger partial charge in [-0.3, -0.25) is 13.9 Å². The number of rotatable bonds is 14. The Balaban J connectivity index is 1.91. The lowest BCUT2D eigenvalue weighted by Gasteiger charge is -2.33. The first-order chi connectivity index (χ1) is 19.5. The van der Waals surface area contributed by atoms with E-state index in [9.17, 15) is 18.0 Å². The summed E-state index contributed by atoms with van der Waals surface area (Å²) >= 11 is 12.4. The standard InChI is InChI=1S/C31H37Cl2N3O4S/c1-4-23(2)34-31(38)29(21-24-12-7-5-8-13-24)35(22-25-17-18-27(32)28(33)20-25)30(37)16-11-19-36(41(3,39)40)26-14-9-6-10-15-26/h5-10,12-15,17-18,20,23,29H,4,11,16,19,21-22H2,1-3H3,(H,34,38)/t23-,29+/m1/s1. The number of sulfonamides is 1. The third-order valence-corrected chi connectivity index (χ3v) is 8.74. The summed E-state index contributed by atoms with van der Waals surface area (Å²) in [6.07, 6.45) is 2.51. The van der Waals surface area contributed by atoms with Gasteiger partial charge in [0.25, 0.3) is 0 Å². The maximum atomic E-state index is 13.9. The number of hydrogen-bond donors (Lipinski definition) is 1. The van der Waals surface area contributed by atoms with E-state index in [0.29, 0.717) is 22.2 Å². The van der Waals surface area contributed by atoms with Crippen LogP contribution in [0.1, 0.15) is 44.2 Å². The smallest absolute Gasteiger partial charge is 0.243 e. The summed E-state index contributed by atoms with van der Waals surface area (Å²) in [5.41, 5.74) is 2.17. The van der Waals surface area contributed by atoms with E-state index in [0.717, 1.165) is 23.8 Å². The molecule has 7 nitrogen and oxygen atoms in total. The second kappa shape index (κ2) is 15.2. The van der Waals surface area contributed by atoms with Gasteiger partial charge in [0.2, 0.25) is 21.8 Å². The molecule has 0 aliphatic heterocycles. The lowest BCUT2D eigenvalue weighted by Crippen LogP contribution is -2.52. The first kappa shape index (κ1) is 32.4. The van der Waals surface area contributed by atoms with Crippen molar-refractivity contribution in [1.82, 2.24) is 10.2 Å². The summed E-state index contributed by atoms with van der Waals surface area (Å²) in [5, 5.41) is 3.79. The molecule has 0 radical (unpaired) electrons. The van der Waals surface area contributed by atoms with E-state index in [2.05, 4.69) is 5.32 Å². The van der Waals surface area contributed by atoms with Crippen LogP contribution in [0.25, 0.3) is 0 Å². The average Bonchev–Trinajstić information content (AvgIpc) is 2.95. The normalized spacial score (nSPS) is 12.8. The van der Waals surface area contributed by atoms with E-state index in [-0.39, 0.29) is 43.8 Å². The maximum Gasteiger partial charge on any atom is 0.243 e. The average molecular weight is 619 g/mol. The van der Waals surface area contributed by atoms with Crippen LogP contribution in [0.15, 0.2) is 78.9 Å². The summed E-state index contributed by atoms with van der Waals surface area (Å²) in [6, 6.07) is 22.6. The van der Waals surface area contributed by atoms with Crippen LogP contribution in [0.3, 0.4) is 0 Å². The SMILES string of the molecule is CC[C@@H](C)NC(=O)[C@H](Cc1ccccc1)N(Cc1ccc(Cl)c(Cl)c1)C(=O)CCCN(c1ccccc1)S(C)(=O)=O. The molecule has 3 aromatic carbocycles. The van der Waals surface area contributed by atoms with Gasteiger partial charge in [-0.15, -0.1) is 0 Å². The minimum atomic E-state index is -3.56. The fraction of sp³-hybridized carbons (Fsp3) is 0.355. The van der Waals surface area contributed by atoms with E-state index >= 15 is 0 Å². The molecule has 0 heterocycles. The summed E-state index contributed by atoms with van der Waals surface area (Å²) in [7, 11) is -3.56. The van der Waals surface area contributed by atoms with Crippen molar-refractivity contribution in [3.8, 4) is 0 Å². The molecule has 3 rings (SSSR count). The summed E-state index contributed by atoms with van der Waals surface area (Å²) in [5.74, 6) is -0.517. The molecule has 0 spiro atoms. The number of halogens is 2. The van der Waals surface area contributed by atoms with E-state index in [1.165, 1.54) is 4.31 Å². The first-order valence-corrected chi connectivity index (χ1v) is 16.2. The molecule has 0 fully saturated rings. The summed E-state index contributed by atoms with van der Waals surface area (Å²) in [4.78, 5) is 29.1. The van der Waals surface area contributed by atoms with Crippen molar-refractivity contribution in [3.05, 3.63) is 100 Å². The van der Waals surface area contributed by atoms with Crippen molar-refractivity contribution in [3.63, 3.8) is 0 Å². The molecule has 41 heavy (non-hydrogen) atoms. The zero-order valence-corrected chi connectivity index (χ0v) is 25.9. The lowest BCUT2D eigenvalue weighted by molar-refractivity contribution is -0.141. The van der Waals surface area contributed by atoms with Gasteiger partial charge >= 0.3 is 0 Å². The van der Waals surface area contributed by atoms with Crippen LogP contribution in [-0.4, -0.2) is 50.0 Å². The molecule has 0 saturated carbocycles. The van der Waals surface area contributed by atoms with Crippen LogP contribution in [0.2, 0.25) is 10.0 Å². The number of benzene rings is 3. The number of carbonyl (C=O) groups is 2. The lowest BCUT2D eigenvalue weighted by atomic mass is 10.0. The number of anilines is 1. The molecule has 0 aliphatic carbocycles. The minimum Gasteiger partial charge on any atom is -0.352 e. The van der Waals surface area contributed by atoms with Gasteiger partial charge in [-0.2, -0.15) is 0 Å². The highest BCUT2D eigenvalue weighted by Gasteiger charge is 2.31. The van der Waals surface area contributed by atoms with Crippen LogP contribution in [0.4, 0.5) is 5.69 Å². The Morgan fingerprint density at radius 1 is 0.902 bits per heavy atom. The van der Waals surface area contributed by atoms with Gasteiger partial charge in [-0.1, -0.05) is 84.7 Å². The second-order valence-electron chi connectivity index (χ2n) is 10.1. The van der Waals surface area contributed by atoms with E-state index in [1.54, 1.807) is 47.4 Å². The van der Waals surface area contributed by atoms with Crippen LogP contribution in [0.5, 0.6) is 0 Å². The topological polar surface area (TPSA) is 86.8 Å². The zero-order chi connectivity index (χ0) is 30.0. The number of carbonyl (C=O) groups excluding carboxylic acids is 2. The third kappa shape index (κ3) is 9.76. The van der Waals surface area contributed by atoms with Gasteiger partial charge in [0.15, 0.2) is 0 Å². The predicted octanol–water partition coefficient (Wildman–Crippen LogP) is 6.09. The molecule has 0 saturated heterocycles. The van der Waals surface area contributed by atoms with Crippen molar-refractivity contribution in [2.75, 3.05) is 17.1 Å². The molecule has 0 unspecified atom stereocenters. The van der Waals surface area contributed by atoms with Crippen LogP contribution in [0, 0.1) is 0 Å². The molecule has 0 aromatic heterocycles. The predicted molar refractivity (Wildman–Crippen MR) is 167 cm³/mol. The Morgan fingerprint density at radius 2 is 1.54 bits per heavy atom. The second-order valence-corrected chi connectivity index (χ2v) is 12.8. The Morgan fingerprint density at radius 3 is 2.12 bits per heavy atom. The van der Waals surface area contributed by atoms with Crippen LogP contribution >= 0.6 is 23.2 Å². The molecule has 3 aromatic rings. The molecule has 0 bridgehead atoms. The Hall–Kier alpha value is -3.07. The van der Waals surface area contributed by atoms with Crippen molar-refractivity contribution >= 4 is 50.7 Å². The highest BCUT2D eigenvalue weighted by atomic mass is 35.5. The Bertz CT molecular complexity index is 1410. The van der Waals surface area contributed by atoms with Crippen molar-refractivity contribution in [1.29, 1.82) is 0 Å². The van der Waals surface area contributed by atoms with Crippen LogP contribution in [-0.2, 0) is 32.6 Å². The van der Waals surface area contributed by atoms with Crippen molar-refractivity contribution in [2.45, 2.75) is 58.2 Å². The number of nitrogens with one attached hydrogen (secondary N) is 1. The summed E-state index contributed by atoms with van der Waals surface area (Å²) in [6.45, 7) is 4.16. The van der Waals surface area contributed by atoms with Gasteiger partial charge in [0.05, 0.1) is 22.0 Å².